The molecule has 0 amide bonds. The fraction of sp³-hybridized carbons (Fsp3) is 0.870. The summed E-state index contributed by atoms with van der Waals surface area (Å²) in [5.41, 5.74) is 5.73. The van der Waals surface area contributed by atoms with Crippen LogP contribution in [0.5, 0.6) is 0 Å². The second-order valence-electron chi connectivity index (χ2n) is 7.87. The second kappa shape index (κ2) is 18.9. The number of aliphatic carboxylic acids is 1. The highest BCUT2D eigenvalue weighted by Crippen LogP contribution is 2.26. The van der Waals surface area contributed by atoms with E-state index in [4.69, 9.17) is 10.8 Å². The molecule has 3 nitrogen and oxygen atoms in total. The maximum Gasteiger partial charge on any atom is 0.303 e. The van der Waals surface area contributed by atoms with Gasteiger partial charge in [0.15, 0.2) is 0 Å². The molecule has 0 bridgehead atoms. The summed E-state index contributed by atoms with van der Waals surface area (Å²) in [4.78, 5) is 10.8. The van der Waals surface area contributed by atoms with Gasteiger partial charge in [-0.1, -0.05) is 77.4 Å². The Labute approximate surface area is 162 Å². The summed E-state index contributed by atoms with van der Waals surface area (Å²) in [7, 11) is 0. The normalized spacial score (nSPS) is 14.0. The van der Waals surface area contributed by atoms with Gasteiger partial charge in [-0.3, -0.25) is 4.79 Å². The van der Waals surface area contributed by atoms with Crippen LogP contribution in [0, 0.1) is 11.8 Å². The molecule has 3 N–H and O–H groups in total. The Balaban J connectivity index is 4.27. The maximum absolute atomic E-state index is 10.8. The molecule has 0 aliphatic heterocycles. The van der Waals surface area contributed by atoms with Crippen LogP contribution in [0.4, 0.5) is 0 Å². The van der Waals surface area contributed by atoms with Crippen molar-refractivity contribution in [3.05, 3.63) is 12.2 Å². The van der Waals surface area contributed by atoms with Crippen molar-refractivity contribution in [2.75, 3.05) is 6.54 Å². The van der Waals surface area contributed by atoms with E-state index >= 15 is 0 Å². The molecule has 0 saturated heterocycles. The van der Waals surface area contributed by atoms with E-state index in [1.54, 1.807) is 0 Å². The predicted octanol–water partition coefficient (Wildman–Crippen LogP) is 6.71. The highest BCUT2D eigenvalue weighted by molar-refractivity contribution is 5.66. The van der Waals surface area contributed by atoms with Gasteiger partial charge in [0.05, 0.1) is 0 Å². The van der Waals surface area contributed by atoms with Crippen molar-refractivity contribution < 1.29 is 9.90 Å². The third kappa shape index (κ3) is 16.6. The molecule has 0 rings (SSSR count). The van der Waals surface area contributed by atoms with Crippen molar-refractivity contribution in [2.45, 2.75) is 110 Å². The van der Waals surface area contributed by atoms with E-state index in [1.807, 2.05) is 0 Å². The summed E-state index contributed by atoms with van der Waals surface area (Å²) >= 11 is 0. The lowest BCUT2D eigenvalue weighted by atomic mass is 9.86. The lowest BCUT2D eigenvalue weighted by Gasteiger charge is -2.20. The van der Waals surface area contributed by atoms with Gasteiger partial charge in [0, 0.05) is 6.42 Å². The molecule has 0 heterocycles. The van der Waals surface area contributed by atoms with E-state index in [0.717, 1.165) is 25.2 Å². The van der Waals surface area contributed by atoms with Gasteiger partial charge in [0.25, 0.3) is 0 Å². The SMILES string of the molecule is CCCCCC/C=C\C[C@H](CCCCC)CC[C@H](CCN)CCC(=O)O. The van der Waals surface area contributed by atoms with Crippen LogP contribution in [0.2, 0.25) is 0 Å². The second-order valence-corrected chi connectivity index (χ2v) is 7.87. The zero-order valence-electron chi connectivity index (χ0n) is 17.6. The number of carboxylic acids is 1. The number of unbranched alkanes of at least 4 members (excludes halogenated alkanes) is 6. The van der Waals surface area contributed by atoms with Gasteiger partial charge in [0.1, 0.15) is 0 Å². The van der Waals surface area contributed by atoms with E-state index in [-0.39, 0.29) is 6.42 Å². The van der Waals surface area contributed by atoms with Crippen molar-refractivity contribution >= 4 is 5.97 Å². The van der Waals surface area contributed by atoms with Crippen molar-refractivity contribution in [1.82, 2.24) is 0 Å². The summed E-state index contributed by atoms with van der Waals surface area (Å²) in [6, 6.07) is 0. The molecule has 0 fully saturated rings. The third-order valence-corrected chi connectivity index (χ3v) is 5.40. The van der Waals surface area contributed by atoms with Gasteiger partial charge in [-0.25, -0.2) is 0 Å². The monoisotopic (exact) mass is 367 g/mol. The first-order valence-electron chi connectivity index (χ1n) is 11.2. The van der Waals surface area contributed by atoms with Gasteiger partial charge in [0.2, 0.25) is 0 Å². The van der Waals surface area contributed by atoms with Gasteiger partial charge < -0.3 is 10.8 Å². The summed E-state index contributed by atoms with van der Waals surface area (Å²) in [5.74, 6) is 0.541. The lowest BCUT2D eigenvalue weighted by molar-refractivity contribution is -0.137. The van der Waals surface area contributed by atoms with E-state index < -0.39 is 5.97 Å². The molecule has 0 aliphatic carbocycles. The largest absolute Gasteiger partial charge is 0.481 e. The molecular weight excluding hydrogens is 322 g/mol. The number of hydrogen-bond donors (Lipinski definition) is 2. The first-order chi connectivity index (χ1) is 12.6. The summed E-state index contributed by atoms with van der Waals surface area (Å²) in [5, 5.41) is 8.93. The Morgan fingerprint density at radius 2 is 1.54 bits per heavy atom. The van der Waals surface area contributed by atoms with E-state index in [2.05, 4.69) is 26.0 Å². The van der Waals surface area contributed by atoms with Crippen LogP contribution < -0.4 is 5.73 Å². The molecule has 0 radical (unpaired) electrons. The molecular formula is C23H45NO2. The molecule has 2 atom stereocenters. The number of rotatable bonds is 19. The number of hydrogen-bond acceptors (Lipinski definition) is 2. The fourth-order valence-electron chi connectivity index (χ4n) is 3.63. The molecule has 0 unspecified atom stereocenters. The predicted molar refractivity (Wildman–Crippen MR) is 113 cm³/mol. The van der Waals surface area contributed by atoms with E-state index in [0.29, 0.717) is 12.5 Å². The van der Waals surface area contributed by atoms with Gasteiger partial charge >= 0.3 is 5.97 Å². The number of carboxylic acid groups (broad SMARTS) is 1. The molecule has 0 aromatic rings. The first-order valence-corrected chi connectivity index (χ1v) is 11.2. The molecule has 0 aliphatic rings. The molecule has 0 aromatic carbocycles. The molecule has 0 spiro atoms. The standard InChI is InChI=1S/C23H45NO2/c1-3-5-7-8-9-10-12-14-21(13-11-6-4-2)15-16-22(19-20-24)17-18-23(25)26/h10,12,21-22H,3-9,11,13-20,24H2,1-2H3,(H,25,26)/b12-10-/t21-,22-/m0/s1. The minimum absolute atomic E-state index is 0.281. The maximum atomic E-state index is 10.8. The topological polar surface area (TPSA) is 63.3 Å². The van der Waals surface area contributed by atoms with Gasteiger partial charge in [-0.05, 0) is 56.9 Å². The molecule has 0 aromatic heterocycles. The molecule has 0 saturated carbocycles. The van der Waals surface area contributed by atoms with Crippen LogP contribution in [0.15, 0.2) is 12.2 Å². The van der Waals surface area contributed by atoms with Crippen molar-refractivity contribution in [2.24, 2.45) is 17.6 Å². The third-order valence-electron chi connectivity index (χ3n) is 5.40. The summed E-state index contributed by atoms with van der Waals surface area (Å²) < 4.78 is 0. The molecule has 3 heteroatoms. The minimum atomic E-state index is -0.683. The Hall–Kier alpha value is -0.830. The quantitative estimate of drug-likeness (QED) is 0.197. The van der Waals surface area contributed by atoms with Gasteiger partial charge in [-0.2, -0.15) is 0 Å². The van der Waals surface area contributed by atoms with E-state index in [9.17, 15) is 4.79 Å². The van der Waals surface area contributed by atoms with Crippen molar-refractivity contribution in [1.29, 1.82) is 0 Å². The van der Waals surface area contributed by atoms with Crippen molar-refractivity contribution in [3.8, 4) is 0 Å². The molecule has 26 heavy (non-hydrogen) atoms. The van der Waals surface area contributed by atoms with Crippen LogP contribution in [-0.2, 0) is 4.79 Å². The number of allylic oxidation sites excluding steroid dienone is 2. The Morgan fingerprint density at radius 3 is 2.19 bits per heavy atom. The highest BCUT2D eigenvalue weighted by atomic mass is 16.4. The smallest absolute Gasteiger partial charge is 0.303 e. The average molecular weight is 368 g/mol. The Bertz CT molecular complexity index is 341. The van der Waals surface area contributed by atoms with Crippen LogP contribution >= 0.6 is 0 Å². The average Bonchev–Trinajstić information content (AvgIpc) is 2.62. The van der Waals surface area contributed by atoms with Crippen molar-refractivity contribution in [3.63, 3.8) is 0 Å². The van der Waals surface area contributed by atoms with Crippen LogP contribution in [0.3, 0.4) is 0 Å². The highest BCUT2D eigenvalue weighted by Gasteiger charge is 2.14. The minimum Gasteiger partial charge on any atom is -0.481 e. The summed E-state index contributed by atoms with van der Waals surface area (Å²) in [6.07, 6.45) is 22.1. The summed E-state index contributed by atoms with van der Waals surface area (Å²) in [6.45, 7) is 5.18. The van der Waals surface area contributed by atoms with Crippen LogP contribution in [0.1, 0.15) is 110 Å². The first kappa shape index (κ1) is 25.2. The lowest BCUT2D eigenvalue weighted by Crippen LogP contribution is -2.12. The number of nitrogens with two attached hydrogens (primary N) is 1. The van der Waals surface area contributed by atoms with E-state index in [1.165, 1.54) is 70.6 Å². The zero-order chi connectivity index (χ0) is 19.5. The Kier molecular flexibility index (Phi) is 18.3. The zero-order valence-corrected chi connectivity index (χ0v) is 17.6. The fourth-order valence-corrected chi connectivity index (χ4v) is 3.63. The number of carbonyl (C=O) groups is 1. The molecule has 154 valence electrons. The Morgan fingerprint density at radius 1 is 0.846 bits per heavy atom. The van der Waals surface area contributed by atoms with Crippen LogP contribution in [0.25, 0.3) is 0 Å². The van der Waals surface area contributed by atoms with Gasteiger partial charge in [-0.15, -0.1) is 0 Å². The van der Waals surface area contributed by atoms with Crippen LogP contribution in [-0.4, -0.2) is 17.6 Å².